The van der Waals surface area contributed by atoms with Crippen LogP contribution in [0.1, 0.15) is 40.0 Å². The minimum absolute atomic E-state index is 0.371. The monoisotopic (exact) mass is 141 g/mol. The zero-order chi connectivity index (χ0) is 7.78. The largest absolute Gasteiger partial charge is 0.328 e. The van der Waals surface area contributed by atoms with Crippen molar-refractivity contribution in [1.29, 1.82) is 0 Å². The Kier molecular flexibility index (Phi) is 2.04. The standard InChI is InChI=1S/C9H19N/c1-7(10)6-9(2,3)8-4-5-8/h7-8H,4-6,10H2,1-3H3. The molecular weight excluding hydrogens is 122 g/mol. The second-order valence-electron chi connectivity index (χ2n) is 4.44. The Morgan fingerprint density at radius 3 is 2.30 bits per heavy atom. The molecule has 0 saturated heterocycles. The van der Waals surface area contributed by atoms with Gasteiger partial charge in [-0.2, -0.15) is 0 Å². The number of hydrogen-bond acceptors (Lipinski definition) is 1. The summed E-state index contributed by atoms with van der Waals surface area (Å²) in [6.45, 7) is 6.78. The fraction of sp³-hybridized carbons (Fsp3) is 1.00. The highest BCUT2D eigenvalue weighted by Gasteiger charge is 2.37. The third kappa shape index (κ3) is 1.98. The topological polar surface area (TPSA) is 26.0 Å². The van der Waals surface area contributed by atoms with Crippen molar-refractivity contribution < 1.29 is 0 Å². The summed E-state index contributed by atoms with van der Waals surface area (Å²) < 4.78 is 0. The molecule has 0 aromatic carbocycles. The maximum absolute atomic E-state index is 5.74. The molecule has 2 N–H and O–H groups in total. The highest BCUT2D eigenvalue weighted by Crippen LogP contribution is 2.47. The second-order valence-corrected chi connectivity index (χ2v) is 4.44. The molecule has 0 aliphatic heterocycles. The molecule has 0 bridgehead atoms. The molecular formula is C9H19N. The number of nitrogens with two attached hydrogens (primary N) is 1. The van der Waals surface area contributed by atoms with Gasteiger partial charge in [-0.15, -0.1) is 0 Å². The lowest BCUT2D eigenvalue weighted by molar-refractivity contribution is 0.265. The van der Waals surface area contributed by atoms with E-state index in [4.69, 9.17) is 5.73 Å². The predicted octanol–water partition coefficient (Wildman–Crippen LogP) is 2.16. The van der Waals surface area contributed by atoms with E-state index in [1.165, 1.54) is 19.3 Å². The van der Waals surface area contributed by atoms with E-state index in [1.54, 1.807) is 0 Å². The van der Waals surface area contributed by atoms with Crippen LogP contribution in [0.15, 0.2) is 0 Å². The zero-order valence-electron chi connectivity index (χ0n) is 7.35. The first-order valence-corrected chi connectivity index (χ1v) is 4.28. The summed E-state index contributed by atoms with van der Waals surface area (Å²) in [7, 11) is 0. The van der Waals surface area contributed by atoms with Crippen LogP contribution < -0.4 is 5.73 Å². The average Bonchev–Trinajstić information content (AvgIpc) is 2.35. The Balaban J connectivity index is 2.34. The molecule has 60 valence electrons. The van der Waals surface area contributed by atoms with Crippen LogP contribution in [-0.2, 0) is 0 Å². The van der Waals surface area contributed by atoms with E-state index in [-0.39, 0.29) is 0 Å². The van der Waals surface area contributed by atoms with Crippen LogP contribution in [0, 0.1) is 11.3 Å². The molecule has 1 heteroatoms. The highest BCUT2D eigenvalue weighted by molar-refractivity contribution is 4.89. The molecule has 1 unspecified atom stereocenters. The molecule has 1 fully saturated rings. The van der Waals surface area contributed by atoms with Crippen molar-refractivity contribution in [3.05, 3.63) is 0 Å². The van der Waals surface area contributed by atoms with Gasteiger partial charge in [0.1, 0.15) is 0 Å². The van der Waals surface area contributed by atoms with Crippen LogP contribution in [0.25, 0.3) is 0 Å². The van der Waals surface area contributed by atoms with Gasteiger partial charge < -0.3 is 5.73 Å². The van der Waals surface area contributed by atoms with Gasteiger partial charge in [0.25, 0.3) is 0 Å². The molecule has 0 aromatic heterocycles. The van der Waals surface area contributed by atoms with Gasteiger partial charge in [-0.1, -0.05) is 13.8 Å². The van der Waals surface area contributed by atoms with Crippen molar-refractivity contribution in [3.63, 3.8) is 0 Å². The molecule has 0 amide bonds. The first-order chi connectivity index (χ1) is 4.52. The molecule has 10 heavy (non-hydrogen) atoms. The summed E-state index contributed by atoms with van der Waals surface area (Å²) in [5.41, 5.74) is 6.25. The molecule has 0 spiro atoms. The Bertz CT molecular complexity index is 112. The molecule has 1 nitrogen and oxygen atoms in total. The normalized spacial score (nSPS) is 22.8. The second kappa shape index (κ2) is 2.54. The van der Waals surface area contributed by atoms with Crippen LogP contribution in [-0.4, -0.2) is 6.04 Å². The van der Waals surface area contributed by atoms with Gasteiger partial charge in [0.15, 0.2) is 0 Å². The minimum Gasteiger partial charge on any atom is -0.328 e. The summed E-state index contributed by atoms with van der Waals surface area (Å²) in [6, 6.07) is 0.371. The molecule has 1 aliphatic rings. The lowest BCUT2D eigenvalue weighted by Crippen LogP contribution is -2.26. The van der Waals surface area contributed by atoms with Gasteiger partial charge in [-0.3, -0.25) is 0 Å². The van der Waals surface area contributed by atoms with Crippen LogP contribution in [0.2, 0.25) is 0 Å². The average molecular weight is 141 g/mol. The van der Waals surface area contributed by atoms with Crippen LogP contribution in [0.4, 0.5) is 0 Å². The quantitative estimate of drug-likeness (QED) is 0.640. The molecule has 0 aromatic rings. The Labute approximate surface area is 64.0 Å². The van der Waals surface area contributed by atoms with Gasteiger partial charge >= 0.3 is 0 Å². The van der Waals surface area contributed by atoms with Crippen molar-refractivity contribution in [2.75, 3.05) is 0 Å². The minimum atomic E-state index is 0.371. The van der Waals surface area contributed by atoms with Gasteiger partial charge in [-0.25, -0.2) is 0 Å². The van der Waals surface area contributed by atoms with Crippen molar-refractivity contribution in [3.8, 4) is 0 Å². The summed E-state index contributed by atoms with van der Waals surface area (Å²) in [6.07, 6.45) is 4.04. The lowest BCUT2D eigenvalue weighted by Gasteiger charge is -2.26. The van der Waals surface area contributed by atoms with Crippen molar-refractivity contribution in [2.45, 2.75) is 46.1 Å². The van der Waals surface area contributed by atoms with E-state index in [1.807, 2.05) is 0 Å². The fourth-order valence-electron chi connectivity index (χ4n) is 1.86. The van der Waals surface area contributed by atoms with E-state index in [0.717, 1.165) is 5.92 Å². The Hall–Kier alpha value is -0.0400. The van der Waals surface area contributed by atoms with E-state index in [9.17, 15) is 0 Å². The van der Waals surface area contributed by atoms with E-state index in [0.29, 0.717) is 11.5 Å². The van der Waals surface area contributed by atoms with Crippen molar-refractivity contribution in [2.24, 2.45) is 17.1 Å². The summed E-state index contributed by atoms with van der Waals surface area (Å²) >= 11 is 0. The van der Waals surface area contributed by atoms with Crippen molar-refractivity contribution in [1.82, 2.24) is 0 Å². The molecule has 1 atom stereocenters. The fourth-order valence-corrected chi connectivity index (χ4v) is 1.86. The maximum Gasteiger partial charge on any atom is 0.00156 e. The van der Waals surface area contributed by atoms with Gasteiger partial charge in [0.05, 0.1) is 0 Å². The molecule has 0 heterocycles. The van der Waals surface area contributed by atoms with Crippen LogP contribution in [0.3, 0.4) is 0 Å². The lowest BCUT2D eigenvalue weighted by atomic mass is 9.81. The van der Waals surface area contributed by atoms with Crippen LogP contribution in [0.5, 0.6) is 0 Å². The smallest absolute Gasteiger partial charge is 0.00156 e. The summed E-state index contributed by atoms with van der Waals surface area (Å²) in [5, 5.41) is 0. The molecule has 1 aliphatic carbocycles. The highest BCUT2D eigenvalue weighted by atomic mass is 14.6. The van der Waals surface area contributed by atoms with Gasteiger partial charge in [0, 0.05) is 6.04 Å². The van der Waals surface area contributed by atoms with Gasteiger partial charge in [-0.05, 0) is 37.5 Å². The van der Waals surface area contributed by atoms with Gasteiger partial charge in [0.2, 0.25) is 0 Å². The summed E-state index contributed by atoms with van der Waals surface area (Å²) in [4.78, 5) is 0. The van der Waals surface area contributed by atoms with E-state index >= 15 is 0 Å². The third-order valence-corrected chi connectivity index (χ3v) is 2.53. The maximum atomic E-state index is 5.74. The third-order valence-electron chi connectivity index (χ3n) is 2.53. The van der Waals surface area contributed by atoms with E-state index < -0.39 is 0 Å². The SMILES string of the molecule is CC(N)CC(C)(C)C1CC1. The summed E-state index contributed by atoms with van der Waals surface area (Å²) in [5.74, 6) is 0.971. The molecule has 1 saturated carbocycles. The number of hydrogen-bond donors (Lipinski definition) is 1. The van der Waals surface area contributed by atoms with E-state index in [2.05, 4.69) is 20.8 Å². The number of rotatable bonds is 3. The first-order valence-electron chi connectivity index (χ1n) is 4.28. The Morgan fingerprint density at radius 1 is 1.50 bits per heavy atom. The first kappa shape index (κ1) is 8.06. The van der Waals surface area contributed by atoms with Crippen molar-refractivity contribution >= 4 is 0 Å². The predicted molar refractivity (Wildman–Crippen MR) is 44.8 cm³/mol. The Morgan fingerprint density at radius 2 is 2.00 bits per heavy atom. The zero-order valence-corrected chi connectivity index (χ0v) is 7.35. The molecule has 1 rings (SSSR count). The van der Waals surface area contributed by atoms with Crippen LogP contribution >= 0.6 is 0 Å². The molecule has 0 radical (unpaired) electrons.